The van der Waals surface area contributed by atoms with Crippen LogP contribution >= 0.6 is 11.6 Å². The van der Waals surface area contributed by atoms with E-state index in [-0.39, 0.29) is 0 Å². The van der Waals surface area contributed by atoms with Gasteiger partial charge in [0.2, 0.25) is 0 Å². The molecule has 0 saturated carbocycles. The van der Waals surface area contributed by atoms with E-state index in [1.165, 1.54) is 6.42 Å². The van der Waals surface area contributed by atoms with E-state index in [4.69, 9.17) is 16.7 Å². The van der Waals surface area contributed by atoms with E-state index in [2.05, 4.69) is 4.90 Å². The normalized spacial score (nSPS) is 25.7. The minimum absolute atomic E-state index is 0.323. The second-order valence-corrected chi connectivity index (χ2v) is 3.54. The lowest BCUT2D eigenvalue weighted by molar-refractivity contribution is 0.254. The van der Waals surface area contributed by atoms with E-state index >= 15 is 0 Å². The maximum Gasteiger partial charge on any atom is 0.0434 e. The van der Waals surface area contributed by atoms with Gasteiger partial charge in [-0.3, -0.25) is 4.90 Å². The van der Waals surface area contributed by atoms with Gasteiger partial charge in [-0.15, -0.1) is 0 Å². The zero-order chi connectivity index (χ0) is 8.81. The number of aliphatic hydroxyl groups excluding tert-OH is 1. The van der Waals surface area contributed by atoms with Crippen molar-refractivity contribution >= 4 is 11.6 Å². The smallest absolute Gasteiger partial charge is 0.0434 e. The SMILES string of the molecule is OCCC1CCN(C/C=C/Cl)C1. The monoisotopic (exact) mass is 189 g/mol. The molecule has 0 aliphatic carbocycles. The van der Waals surface area contributed by atoms with Crippen LogP contribution in [0.2, 0.25) is 0 Å². The van der Waals surface area contributed by atoms with Gasteiger partial charge in [-0.1, -0.05) is 17.7 Å². The summed E-state index contributed by atoms with van der Waals surface area (Å²) in [5.41, 5.74) is 1.57. The lowest BCUT2D eigenvalue weighted by atomic mass is 10.1. The predicted molar refractivity (Wildman–Crippen MR) is 51.2 cm³/mol. The Hall–Kier alpha value is -0.0500. The van der Waals surface area contributed by atoms with Gasteiger partial charge in [0.1, 0.15) is 0 Å². The molecule has 0 spiro atoms. The molecule has 1 atom stereocenters. The van der Waals surface area contributed by atoms with Gasteiger partial charge < -0.3 is 5.11 Å². The first-order valence-electron chi connectivity index (χ1n) is 4.45. The molecule has 1 aliphatic rings. The molecule has 2 nitrogen and oxygen atoms in total. The van der Waals surface area contributed by atoms with Crippen LogP contribution in [0.4, 0.5) is 0 Å². The highest BCUT2D eigenvalue weighted by molar-refractivity contribution is 6.25. The van der Waals surface area contributed by atoms with Gasteiger partial charge in [-0.05, 0) is 25.3 Å². The fourth-order valence-electron chi connectivity index (χ4n) is 1.69. The fourth-order valence-corrected chi connectivity index (χ4v) is 1.77. The number of halogens is 1. The highest BCUT2D eigenvalue weighted by Gasteiger charge is 2.20. The quantitative estimate of drug-likeness (QED) is 0.724. The summed E-state index contributed by atoms with van der Waals surface area (Å²) >= 11 is 5.43. The number of likely N-dealkylation sites (tertiary alicyclic amines) is 1. The van der Waals surface area contributed by atoms with Gasteiger partial charge >= 0.3 is 0 Å². The predicted octanol–water partition coefficient (Wildman–Crippen LogP) is 1.44. The van der Waals surface area contributed by atoms with Crippen LogP contribution in [0.25, 0.3) is 0 Å². The first-order valence-corrected chi connectivity index (χ1v) is 4.89. The second-order valence-electron chi connectivity index (χ2n) is 3.29. The average Bonchev–Trinajstić information content (AvgIpc) is 2.50. The Kier molecular flexibility index (Phi) is 4.66. The average molecular weight is 190 g/mol. The largest absolute Gasteiger partial charge is 0.396 e. The van der Waals surface area contributed by atoms with Gasteiger partial charge in [0, 0.05) is 25.2 Å². The molecular formula is C9H16ClNO. The number of aliphatic hydroxyl groups is 1. The lowest BCUT2D eigenvalue weighted by Crippen LogP contribution is -2.20. The Labute approximate surface area is 78.8 Å². The molecule has 1 rings (SSSR count). The summed E-state index contributed by atoms with van der Waals surface area (Å²) in [6.45, 7) is 3.53. The Balaban J connectivity index is 2.16. The number of hydrogen-bond acceptors (Lipinski definition) is 2. The lowest BCUT2D eigenvalue weighted by Gasteiger charge is -2.12. The van der Waals surface area contributed by atoms with E-state index in [9.17, 15) is 0 Å². The molecule has 1 heterocycles. The Bertz CT molecular complexity index is 149. The van der Waals surface area contributed by atoms with Crippen LogP contribution in [-0.2, 0) is 0 Å². The molecule has 0 bridgehead atoms. The Morgan fingerprint density at radius 1 is 1.58 bits per heavy atom. The maximum absolute atomic E-state index is 8.74. The van der Waals surface area contributed by atoms with Gasteiger partial charge in [-0.25, -0.2) is 0 Å². The summed E-state index contributed by atoms with van der Waals surface area (Å²) in [6.07, 6.45) is 4.13. The molecule has 0 aromatic carbocycles. The second kappa shape index (κ2) is 5.57. The van der Waals surface area contributed by atoms with Crippen molar-refractivity contribution in [2.45, 2.75) is 12.8 Å². The molecule has 0 radical (unpaired) electrons. The van der Waals surface area contributed by atoms with E-state index < -0.39 is 0 Å². The number of rotatable bonds is 4. The van der Waals surface area contributed by atoms with E-state index in [1.807, 2.05) is 6.08 Å². The standard InChI is InChI=1S/C9H16ClNO/c10-4-1-5-11-6-2-9(8-11)3-7-12/h1,4,9,12H,2-3,5-8H2/b4-1+. The van der Waals surface area contributed by atoms with Crippen molar-refractivity contribution in [1.29, 1.82) is 0 Å². The van der Waals surface area contributed by atoms with Gasteiger partial charge in [0.05, 0.1) is 0 Å². The van der Waals surface area contributed by atoms with E-state index in [1.54, 1.807) is 5.54 Å². The van der Waals surface area contributed by atoms with E-state index in [0.29, 0.717) is 12.5 Å². The van der Waals surface area contributed by atoms with Crippen molar-refractivity contribution in [2.24, 2.45) is 5.92 Å². The van der Waals surface area contributed by atoms with Crippen LogP contribution in [0, 0.1) is 5.92 Å². The van der Waals surface area contributed by atoms with Crippen molar-refractivity contribution < 1.29 is 5.11 Å². The highest BCUT2D eigenvalue weighted by atomic mass is 35.5. The molecule has 0 amide bonds. The minimum atomic E-state index is 0.323. The molecule has 0 aromatic heterocycles. The summed E-state index contributed by atoms with van der Waals surface area (Å²) in [5, 5.41) is 8.74. The van der Waals surface area contributed by atoms with Gasteiger partial charge in [0.15, 0.2) is 0 Å². The van der Waals surface area contributed by atoms with Gasteiger partial charge in [-0.2, -0.15) is 0 Å². The maximum atomic E-state index is 8.74. The van der Waals surface area contributed by atoms with Crippen molar-refractivity contribution in [3.8, 4) is 0 Å². The van der Waals surface area contributed by atoms with E-state index in [0.717, 1.165) is 26.1 Å². The van der Waals surface area contributed by atoms with Crippen molar-refractivity contribution in [3.05, 3.63) is 11.6 Å². The molecule has 1 saturated heterocycles. The molecule has 0 aromatic rings. The summed E-state index contributed by atoms with van der Waals surface area (Å²) in [4.78, 5) is 2.36. The summed E-state index contributed by atoms with van der Waals surface area (Å²) in [5.74, 6) is 0.693. The summed E-state index contributed by atoms with van der Waals surface area (Å²) in [6, 6.07) is 0. The molecule has 1 unspecified atom stereocenters. The first-order chi connectivity index (χ1) is 5.86. The van der Waals surface area contributed by atoms with Crippen molar-refractivity contribution in [2.75, 3.05) is 26.2 Å². The third-order valence-corrected chi connectivity index (χ3v) is 2.54. The molecule has 1 N–H and O–H groups in total. The van der Waals surface area contributed by atoms with Crippen LogP contribution in [0.3, 0.4) is 0 Å². The first kappa shape index (κ1) is 10.0. The topological polar surface area (TPSA) is 23.5 Å². The van der Waals surface area contributed by atoms with Crippen LogP contribution in [0.1, 0.15) is 12.8 Å². The van der Waals surface area contributed by atoms with Crippen LogP contribution < -0.4 is 0 Å². The molecule has 70 valence electrons. The number of nitrogens with zero attached hydrogens (tertiary/aromatic N) is 1. The van der Waals surface area contributed by atoms with Crippen molar-refractivity contribution in [1.82, 2.24) is 4.90 Å². The third kappa shape index (κ3) is 3.13. The summed E-state index contributed by atoms with van der Waals surface area (Å²) in [7, 11) is 0. The fraction of sp³-hybridized carbons (Fsp3) is 0.778. The van der Waals surface area contributed by atoms with Crippen LogP contribution in [0.5, 0.6) is 0 Å². The zero-order valence-corrected chi connectivity index (χ0v) is 8.00. The highest BCUT2D eigenvalue weighted by Crippen LogP contribution is 2.18. The van der Waals surface area contributed by atoms with Gasteiger partial charge in [0.25, 0.3) is 0 Å². The Morgan fingerprint density at radius 3 is 3.08 bits per heavy atom. The molecular weight excluding hydrogens is 174 g/mol. The number of hydrogen-bond donors (Lipinski definition) is 1. The third-order valence-electron chi connectivity index (χ3n) is 2.36. The summed E-state index contributed by atoms with van der Waals surface area (Å²) < 4.78 is 0. The minimum Gasteiger partial charge on any atom is -0.396 e. The van der Waals surface area contributed by atoms with Crippen molar-refractivity contribution in [3.63, 3.8) is 0 Å². The zero-order valence-electron chi connectivity index (χ0n) is 7.25. The molecule has 12 heavy (non-hydrogen) atoms. The Morgan fingerprint density at radius 2 is 2.42 bits per heavy atom. The molecule has 3 heteroatoms. The molecule has 1 aliphatic heterocycles. The van der Waals surface area contributed by atoms with Crippen LogP contribution in [-0.4, -0.2) is 36.2 Å². The van der Waals surface area contributed by atoms with Crippen LogP contribution in [0.15, 0.2) is 11.6 Å². The molecule has 1 fully saturated rings.